The highest BCUT2D eigenvalue weighted by atomic mass is 16.5. The Hall–Kier alpha value is -0.240. The van der Waals surface area contributed by atoms with Gasteiger partial charge in [0.25, 0.3) is 0 Å². The zero-order valence-corrected chi connectivity index (χ0v) is 30.6. The summed E-state index contributed by atoms with van der Waals surface area (Å²) in [5.74, 6) is 1.92. The summed E-state index contributed by atoms with van der Waals surface area (Å²) >= 11 is 0. The molecular formula is C31H84N4O2. The molecule has 1 aliphatic rings. The first-order valence-electron chi connectivity index (χ1n) is 14.6. The van der Waals surface area contributed by atoms with Gasteiger partial charge in [-0.1, -0.05) is 101 Å². The first kappa shape index (κ1) is 61.0. The van der Waals surface area contributed by atoms with Gasteiger partial charge in [-0.05, 0) is 81.2 Å². The maximum atomic E-state index is 4.54. The Morgan fingerprint density at radius 2 is 0.811 bits per heavy atom. The third-order valence-corrected chi connectivity index (χ3v) is 2.36. The molecule has 0 amide bonds. The number of ether oxygens (including phenoxy) is 2. The van der Waals surface area contributed by atoms with E-state index in [1.54, 1.807) is 21.3 Å². The minimum absolute atomic E-state index is 0.819. The summed E-state index contributed by atoms with van der Waals surface area (Å²) in [7, 11) is 18.5. The highest BCUT2D eigenvalue weighted by Crippen LogP contribution is 2.26. The van der Waals surface area contributed by atoms with Gasteiger partial charge in [-0.2, -0.15) is 0 Å². The molecule has 0 aliphatic heterocycles. The second kappa shape index (κ2) is 91.3. The van der Waals surface area contributed by atoms with Gasteiger partial charge in [-0.3, -0.25) is 0 Å². The molecule has 1 rings (SSSR count). The minimum Gasteiger partial charge on any atom is -0.388 e. The molecule has 0 atom stereocenters. The van der Waals surface area contributed by atoms with Crippen molar-refractivity contribution in [2.24, 2.45) is 11.8 Å². The standard InChI is InChI=1S/C4H8.2C4H10.3C3H9N.C3H8O.C3H8.C2H7N.C2H6O/c1-4-2-3-4;1-4(2)3;1-3-4-2;1-4(2)3;3*1-3-4-2;3*1-3-2/h4H,2-3H2,1H3;4H,1-3H3;3-4H2,1-2H3;1-3H3;2*4H,3H2,1-2H3;3H2,1-2H3;3H2,1-2H3;3H,1-2H3;1-2H3. The SMILES string of the molecule is CC(C)C.CC1CC1.CCC.CCCC.CCNC.CCNC.CCOC.CN(C)C.CNC.COC. The second-order valence-electron chi connectivity index (χ2n) is 9.36. The van der Waals surface area contributed by atoms with Crippen LogP contribution in [0, 0.1) is 11.8 Å². The van der Waals surface area contributed by atoms with Crippen molar-refractivity contribution in [3.63, 3.8) is 0 Å². The summed E-state index contributed by atoms with van der Waals surface area (Å²) < 4.78 is 8.79. The fourth-order valence-corrected chi connectivity index (χ4v) is 0.167. The molecule has 0 aromatic carbocycles. The van der Waals surface area contributed by atoms with E-state index in [0.717, 1.165) is 31.5 Å². The van der Waals surface area contributed by atoms with Gasteiger partial charge in [0.1, 0.15) is 0 Å². The van der Waals surface area contributed by atoms with Crippen molar-refractivity contribution in [3.05, 3.63) is 0 Å². The van der Waals surface area contributed by atoms with Gasteiger partial charge in [0.2, 0.25) is 0 Å². The Labute approximate surface area is 240 Å². The molecule has 0 saturated heterocycles. The molecule has 6 heteroatoms. The topological polar surface area (TPSA) is 57.8 Å². The lowest BCUT2D eigenvalue weighted by atomic mass is 10.3. The van der Waals surface area contributed by atoms with Crippen molar-refractivity contribution in [1.82, 2.24) is 20.9 Å². The average molecular weight is 545 g/mol. The van der Waals surface area contributed by atoms with Crippen LogP contribution in [-0.2, 0) is 9.47 Å². The molecule has 240 valence electrons. The molecule has 0 aromatic heterocycles. The van der Waals surface area contributed by atoms with E-state index in [2.05, 4.69) is 94.7 Å². The van der Waals surface area contributed by atoms with E-state index in [1.807, 2.05) is 61.2 Å². The maximum absolute atomic E-state index is 4.54. The van der Waals surface area contributed by atoms with Gasteiger partial charge < -0.3 is 30.3 Å². The van der Waals surface area contributed by atoms with Crippen molar-refractivity contribution in [3.8, 4) is 0 Å². The predicted molar refractivity (Wildman–Crippen MR) is 180 cm³/mol. The Morgan fingerprint density at radius 1 is 0.703 bits per heavy atom. The summed E-state index contributed by atoms with van der Waals surface area (Å²) in [6.45, 7) is 26.4. The smallest absolute Gasteiger partial charge is 0.0433 e. The zero-order chi connectivity index (χ0) is 31.9. The molecule has 1 saturated carbocycles. The van der Waals surface area contributed by atoms with E-state index >= 15 is 0 Å². The van der Waals surface area contributed by atoms with Gasteiger partial charge in [-0.25, -0.2) is 0 Å². The van der Waals surface area contributed by atoms with Gasteiger partial charge in [0.05, 0.1) is 0 Å². The first-order chi connectivity index (χ1) is 17.3. The number of hydrogen-bond acceptors (Lipinski definition) is 6. The zero-order valence-electron chi connectivity index (χ0n) is 30.6. The lowest BCUT2D eigenvalue weighted by Gasteiger charge is -1.90. The summed E-state index contributed by atoms with van der Waals surface area (Å²) in [6.07, 6.45) is 6.86. The van der Waals surface area contributed by atoms with Crippen LogP contribution < -0.4 is 16.0 Å². The van der Waals surface area contributed by atoms with E-state index in [1.165, 1.54) is 32.1 Å². The van der Waals surface area contributed by atoms with Crippen LogP contribution in [-0.4, -0.2) is 95.3 Å². The molecule has 0 unspecified atom stereocenters. The Bertz CT molecular complexity index is 177. The summed E-state index contributed by atoms with van der Waals surface area (Å²) in [5.41, 5.74) is 0. The number of unbranched alkanes of at least 4 members (excludes halogenated alkanes) is 1. The molecule has 0 aromatic rings. The van der Waals surface area contributed by atoms with Gasteiger partial charge >= 0.3 is 0 Å². The number of hydrogen-bond donors (Lipinski definition) is 3. The van der Waals surface area contributed by atoms with Crippen molar-refractivity contribution in [2.75, 3.05) is 90.4 Å². The van der Waals surface area contributed by atoms with Crippen LogP contribution in [0.4, 0.5) is 0 Å². The van der Waals surface area contributed by atoms with E-state index < -0.39 is 0 Å². The summed E-state index contributed by atoms with van der Waals surface area (Å²) in [5, 5.41) is 8.61. The van der Waals surface area contributed by atoms with Crippen LogP contribution in [0.15, 0.2) is 0 Å². The van der Waals surface area contributed by atoms with Crippen LogP contribution in [0.1, 0.15) is 108 Å². The predicted octanol–water partition coefficient (Wildman–Crippen LogP) is 7.68. The molecule has 37 heavy (non-hydrogen) atoms. The molecule has 0 spiro atoms. The second-order valence-corrected chi connectivity index (χ2v) is 9.36. The molecule has 0 heterocycles. The molecule has 1 aliphatic carbocycles. The van der Waals surface area contributed by atoms with E-state index in [-0.39, 0.29) is 0 Å². The third-order valence-electron chi connectivity index (χ3n) is 2.36. The fourth-order valence-electron chi connectivity index (χ4n) is 0.167. The third kappa shape index (κ3) is 892. The van der Waals surface area contributed by atoms with Crippen LogP contribution in [0.25, 0.3) is 0 Å². The Kier molecular flexibility index (Phi) is 150. The van der Waals surface area contributed by atoms with E-state index in [9.17, 15) is 0 Å². The molecule has 6 nitrogen and oxygen atoms in total. The Balaban J connectivity index is -0.0000000337. The number of methoxy groups -OCH3 is 2. The number of nitrogens with one attached hydrogen (secondary N) is 3. The molecule has 3 N–H and O–H groups in total. The monoisotopic (exact) mass is 545 g/mol. The molecule has 0 radical (unpaired) electrons. The van der Waals surface area contributed by atoms with Gasteiger partial charge in [-0.15, -0.1) is 0 Å². The molecular weight excluding hydrogens is 460 g/mol. The highest BCUT2D eigenvalue weighted by Gasteiger charge is 2.12. The normalized spacial score (nSPS) is 9.49. The van der Waals surface area contributed by atoms with Crippen LogP contribution in [0.5, 0.6) is 0 Å². The van der Waals surface area contributed by atoms with Crippen LogP contribution >= 0.6 is 0 Å². The summed E-state index contributed by atoms with van der Waals surface area (Å²) in [4.78, 5) is 2.00. The summed E-state index contributed by atoms with van der Waals surface area (Å²) in [6, 6.07) is 0. The molecule has 1 fully saturated rings. The molecule has 0 bridgehead atoms. The van der Waals surface area contributed by atoms with Crippen molar-refractivity contribution in [1.29, 1.82) is 0 Å². The quantitative estimate of drug-likeness (QED) is 0.337. The van der Waals surface area contributed by atoms with Gasteiger partial charge in [0.15, 0.2) is 0 Å². The minimum atomic E-state index is 0.819. The van der Waals surface area contributed by atoms with Crippen LogP contribution in [0.3, 0.4) is 0 Å². The van der Waals surface area contributed by atoms with Crippen molar-refractivity contribution < 1.29 is 9.47 Å². The fraction of sp³-hybridized carbons (Fsp3) is 1.00. The van der Waals surface area contributed by atoms with Crippen molar-refractivity contribution >= 4 is 0 Å². The maximum Gasteiger partial charge on any atom is 0.0433 e. The average Bonchev–Trinajstić information content (AvgIpc) is 3.62. The first-order valence-corrected chi connectivity index (χ1v) is 14.6. The highest BCUT2D eigenvalue weighted by molar-refractivity contribution is 4.65. The number of rotatable bonds is 4. The van der Waals surface area contributed by atoms with Crippen LogP contribution in [0.2, 0.25) is 0 Å². The largest absolute Gasteiger partial charge is 0.388 e. The van der Waals surface area contributed by atoms with Crippen molar-refractivity contribution in [2.45, 2.75) is 108 Å². The Morgan fingerprint density at radius 3 is 0.811 bits per heavy atom. The number of nitrogens with zero attached hydrogens (tertiary/aromatic N) is 1. The van der Waals surface area contributed by atoms with E-state index in [4.69, 9.17) is 0 Å². The van der Waals surface area contributed by atoms with E-state index in [0.29, 0.717) is 0 Å². The lowest BCUT2D eigenvalue weighted by Crippen LogP contribution is -2.01. The van der Waals surface area contributed by atoms with Gasteiger partial charge in [0, 0.05) is 27.9 Å². The lowest BCUT2D eigenvalue weighted by molar-refractivity contribution is 0.215.